The lowest BCUT2D eigenvalue weighted by molar-refractivity contribution is -0.384. The number of methoxy groups -OCH3 is 1. The largest absolute Gasteiger partial charge is 0.463 e. The number of hydrogen-bond acceptors (Lipinski definition) is 6. The lowest BCUT2D eigenvalue weighted by Gasteiger charge is -2.08. The number of non-ortho nitro benzene ring substituents is 1. The van der Waals surface area contributed by atoms with E-state index in [0.29, 0.717) is 42.4 Å². The Morgan fingerprint density at radius 3 is 2.74 bits per heavy atom. The minimum absolute atomic E-state index is 0.0391. The molecule has 2 heterocycles. The van der Waals surface area contributed by atoms with Crippen LogP contribution in [0.2, 0.25) is 0 Å². The molecule has 0 saturated heterocycles. The second kappa shape index (κ2) is 8.28. The number of hydrogen-bond donors (Lipinski definition) is 1. The van der Waals surface area contributed by atoms with Crippen LogP contribution in [0.25, 0.3) is 17.1 Å². The highest BCUT2D eigenvalue weighted by atomic mass is 16.6. The van der Waals surface area contributed by atoms with Gasteiger partial charge < -0.3 is 14.5 Å². The van der Waals surface area contributed by atoms with Gasteiger partial charge in [0.05, 0.1) is 16.9 Å². The smallest absolute Gasteiger partial charge is 0.270 e. The van der Waals surface area contributed by atoms with Gasteiger partial charge in [-0.2, -0.15) is 5.10 Å². The molecular formula is C18H18N4O5. The fourth-order valence-electron chi connectivity index (χ4n) is 2.51. The zero-order valence-electron chi connectivity index (χ0n) is 14.6. The topological polar surface area (TPSA) is 112 Å². The first-order valence-corrected chi connectivity index (χ1v) is 8.26. The van der Waals surface area contributed by atoms with Gasteiger partial charge in [0.1, 0.15) is 11.4 Å². The molecule has 0 radical (unpaired) electrons. The van der Waals surface area contributed by atoms with E-state index < -0.39 is 4.92 Å². The fraction of sp³-hybridized carbons (Fsp3) is 0.222. The number of ether oxygens (including phenoxy) is 1. The summed E-state index contributed by atoms with van der Waals surface area (Å²) in [5.74, 6) is 0.207. The average molecular weight is 370 g/mol. The molecule has 9 heteroatoms. The summed E-state index contributed by atoms with van der Waals surface area (Å²) in [5, 5.41) is 18.1. The Hall–Kier alpha value is -3.46. The van der Waals surface area contributed by atoms with Gasteiger partial charge in [-0.15, -0.1) is 0 Å². The molecule has 1 aromatic carbocycles. The van der Waals surface area contributed by atoms with E-state index >= 15 is 0 Å². The molecule has 0 fully saturated rings. The van der Waals surface area contributed by atoms with Gasteiger partial charge in [0.15, 0.2) is 5.76 Å². The standard InChI is InChI=1S/C18H18N4O5/c1-26-10-3-9-19-18(23)16-12-15(17-4-2-11-27-17)20-21(16)13-5-7-14(8-6-13)22(24)25/h2,4-8,11-12H,3,9-10H2,1H3,(H,19,23). The first-order chi connectivity index (χ1) is 13.1. The maximum Gasteiger partial charge on any atom is 0.270 e. The lowest BCUT2D eigenvalue weighted by atomic mass is 10.2. The minimum Gasteiger partial charge on any atom is -0.463 e. The molecule has 3 rings (SSSR count). The van der Waals surface area contributed by atoms with Gasteiger partial charge >= 0.3 is 0 Å². The summed E-state index contributed by atoms with van der Waals surface area (Å²) in [5.41, 5.74) is 1.27. The van der Waals surface area contributed by atoms with Crippen molar-refractivity contribution in [3.63, 3.8) is 0 Å². The van der Waals surface area contributed by atoms with Gasteiger partial charge in [0, 0.05) is 38.5 Å². The molecule has 3 aromatic rings. The Morgan fingerprint density at radius 2 is 2.11 bits per heavy atom. The maximum atomic E-state index is 12.6. The molecule has 1 amide bonds. The third-order valence-electron chi connectivity index (χ3n) is 3.83. The van der Waals surface area contributed by atoms with Crippen molar-refractivity contribution in [1.29, 1.82) is 0 Å². The van der Waals surface area contributed by atoms with E-state index in [2.05, 4.69) is 10.4 Å². The molecule has 1 N–H and O–H groups in total. The molecule has 2 aromatic heterocycles. The summed E-state index contributed by atoms with van der Waals surface area (Å²) in [6.07, 6.45) is 2.20. The molecule has 140 valence electrons. The number of nitro groups is 1. The fourth-order valence-corrected chi connectivity index (χ4v) is 2.51. The number of amides is 1. The summed E-state index contributed by atoms with van der Waals surface area (Å²) >= 11 is 0. The van der Waals surface area contributed by atoms with Gasteiger partial charge in [-0.1, -0.05) is 0 Å². The van der Waals surface area contributed by atoms with E-state index in [1.165, 1.54) is 23.1 Å². The summed E-state index contributed by atoms with van der Waals surface area (Å²) in [6.45, 7) is 0.994. The van der Waals surface area contributed by atoms with Crippen LogP contribution in [0.15, 0.2) is 53.1 Å². The maximum absolute atomic E-state index is 12.6. The van der Waals surface area contributed by atoms with Crippen LogP contribution < -0.4 is 5.32 Å². The zero-order valence-corrected chi connectivity index (χ0v) is 14.6. The third-order valence-corrected chi connectivity index (χ3v) is 3.83. The Morgan fingerprint density at radius 1 is 1.33 bits per heavy atom. The van der Waals surface area contributed by atoms with Crippen molar-refractivity contribution in [1.82, 2.24) is 15.1 Å². The zero-order chi connectivity index (χ0) is 19.2. The number of benzene rings is 1. The summed E-state index contributed by atoms with van der Waals surface area (Å²) < 4.78 is 11.8. The molecule has 0 saturated carbocycles. The predicted octanol–water partition coefficient (Wildman–Crippen LogP) is 2.81. The highest BCUT2D eigenvalue weighted by Gasteiger charge is 2.19. The van der Waals surface area contributed by atoms with E-state index in [9.17, 15) is 14.9 Å². The van der Waals surface area contributed by atoms with Crippen molar-refractivity contribution >= 4 is 11.6 Å². The van der Waals surface area contributed by atoms with E-state index in [1.807, 2.05) is 0 Å². The van der Waals surface area contributed by atoms with Crippen LogP contribution in [-0.4, -0.2) is 40.9 Å². The van der Waals surface area contributed by atoms with E-state index in [4.69, 9.17) is 9.15 Å². The second-order valence-corrected chi connectivity index (χ2v) is 5.68. The highest BCUT2D eigenvalue weighted by molar-refractivity contribution is 5.94. The molecule has 0 aliphatic rings. The van der Waals surface area contributed by atoms with Crippen molar-refractivity contribution in [2.45, 2.75) is 6.42 Å². The van der Waals surface area contributed by atoms with Crippen LogP contribution >= 0.6 is 0 Å². The Bertz CT molecular complexity index is 916. The number of nitrogens with zero attached hydrogens (tertiary/aromatic N) is 3. The third kappa shape index (κ3) is 4.21. The van der Waals surface area contributed by atoms with E-state index in [0.717, 1.165) is 0 Å². The number of carbonyl (C=O) groups excluding carboxylic acids is 1. The first kappa shape index (κ1) is 18.3. The monoisotopic (exact) mass is 370 g/mol. The number of nitrogens with one attached hydrogen (secondary N) is 1. The van der Waals surface area contributed by atoms with Crippen molar-refractivity contribution in [3.05, 3.63) is 64.5 Å². The Labute approximate surface area is 154 Å². The minimum atomic E-state index is -0.482. The quantitative estimate of drug-likeness (QED) is 0.371. The van der Waals surface area contributed by atoms with Crippen molar-refractivity contribution in [2.75, 3.05) is 20.3 Å². The highest BCUT2D eigenvalue weighted by Crippen LogP contribution is 2.23. The SMILES string of the molecule is COCCCNC(=O)c1cc(-c2ccco2)nn1-c1ccc([N+](=O)[O-])cc1. The molecule has 0 aliphatic carbocycles. The number of carbonyl (C=O) groups is 1. The first-order valence-electron chi connectivity index (χ1n) is 8.26. The lowest BCUT2D eigenvalue weighted by Crippen LogP contribution is -2.27. The molecule has 0 unspecified atom stereocenters. The number of aromatic nitrogens is 2. The summed E-state index contributed by atoms with van der Waals surface area (Å²) in [7, 11) is 1.60. The molecule has 0 bridgehead atoms. The van der Waals surface area contributed by atoms with Gasteiger partial charge in [-0.05, 0) is 30.7 Å². The molecule has 9 nitrogen and oxygen atoms in total. The average Bonchev–Trinajstić information content (AvgIpc) is 3.34. The van der Waals surface area contributed by atoms with Gasteiger partial charge in [0.2, 0.25) is 0 Å². The summed E-state index contributed by atoms with van der Waals surface area (Å²) in [4.78, 5) is 23.0. The van der Waals surface area contributed by atoms with E-state index in [1.54, 1.807) is 37.4 Å². The predicted molar refractivity (Wildman–Crippen MR) is 96.7 cm³/mol. The van der Waals surface area contributed by atoms with Crippen LogP contribution in [-0.2, 0) is 4.74 Å². The molecule has 27 heavy (non-hydrogen) atoms. The van der Waals surface area contributed by atoms with Gasteiger partial charge in [-0.25, -0.2) is 4.68 Å². The van der Waals surface area contributed by atoms with Crippen molar-refractivity contribution in [2.24, 2.45) is 0 Å². The Kier molecular flexibility index (Phi) is 5.62. The molecule has 0 aliphatic heterocycles. The van der Waals surface area contributed by atoms with Crippen molar-refractivity contribution in [3.8, 4) is 17.1 Å². The number of nitro benzene ring substituents is 1. The van der Waals surface area contributed by atoms with Gasteiger partial charge in [0.25, 0.3) is 11.6 Å². The molecular weight excluding hydrogens is 352 g/mol. The van der Waals surface area contributed by atoms with Crippen molar-refractivity contribution < 1.29 is 18.9 Å². The van der Waals surface area contributed by atoms with Crippen LogP contribution in [0, 0.1) is 10.1 Å². The molecule has 0 spiro atoms. The van der Waals surface area contributed by atoms with Crippen LogP contribution in [0.1, 0.15) is 16.9 Å². The van der Waals surface area contributed by atoms with Gasteiger partial charge in [-0.3, -0.25) is 14.9 Å². The van der Waals surface area contributed by atoms with Crippen LogP contribution in [0.3, 0.4) is 0 Å². The Balaban J connectivity index is 1.92. The van der Waals surface area contributed by atoms with Crippen LogP contribution in [0.5, 0.6) is 0 Å². The summed E-state index contributed by atoms with van der Waals surface area (Å²) in [6, 6.07) is 10.9. The second-order valence-electron chi connectivity index (χ2n) is 5.68. The normalized spacial score (nSPS) is 10.7. The van der Waals surface area contributed by atoms with Crippen LogP contribution in [0.4, 0.5) is 5.69 Å². The number of rotatable bonds is 8. The van der Waals surface area contributed by atoms with E-state index in [-0.39, 0.29) is 11.6 Å². The number of furan rings is 1. The molecule has 0 atom stereocenters.